The predicted octanol–water partition coefficient (Wildman–Crippen LogP) is 2.83. The average molecular weight is 413 g/mol. The highest BCUT2D eigenvalue weighted by atomic mass is 32.1. The lowest BCUT2D eigenvalue weighted by Crippen LogP contribution is -2.49. The number of non-ortho nitro benzene ring substituents is 1. The quantitative estimate of drug-likeness (QED) is 0.299. The van der Waals surface area contributed by atoms with Crippen molar-refractivity contribution in [3.05, 3.63) is 69.8 Å². The van der Waals surface area contributed by atoms with Crippen molar-refractivity contribution < 1.29 is 14.5 Å². The fraction of sp³-hybridized carbons (Fsp3) is 0.211. The van der Waals surface area contributed by atoms with Gasteiger partial charge in [0.2, 0.25) is 0 Å². The summed E-state index contributed by atoms with van der Waals surface area (Å²) in [7, 11) is 0. The number of benzene rings is 2. The fourth-order valence-corrected chi connectivity index (χ4v) is 3.15. The zero-order chi connectivity index (χ0) is 21.2. The number of aryl methyl sites for hydroxylation is 1. The van der Waals surface area contributed by atoms with Gasteiger partial charge in [-0.05, 0) is 61.0 Å². The van der Waals surface area contributed by atoms with E-state index in [1.807, 2.05) is 31.2 Å². The van der Waals surface area contributed by atoms with E-state index in [9.17, 15) is 19.7 Å². The fourth-order valence-electron chi connectivity index (χ4n) is 2.94. The first-order chi connectivity index (χ1) is 13.7. The van der Waals surface area contributed by atoms with Gasteiger partial charge in [0.25, 0.3) is 11.6 Å². The van der Waals surface area contributed by atoms with Gasteiger partial charge in [-0.15, -0.1) is 0 Å². The smallest absolute Gasteiger partial charge is 0.331 e. The van der Waals surface area contributed by atoms with Gasteiger partial charge in [0, 0.05) is 17.8 Å². The van der Waals surface area contributed by atoms with Crippen LogP contribution in [0.15, 0.2) is 48.5 Å². The number of hydrogen-bond acceptors (Lipinski definition) is 5. The third-order valence-electron chi connectivity index (χ3n) is 4.68. The number of hydrogen-bond donors (Lipinski definition) is 3. The van der Waals surface area contributed by atoms with Crippen LogP contribution < -0.4 is 16.1 Å². The number of thiocarbonyl (C=S) groups is 1. The molecule has 3 amide bonds. The molecule has 0 saturated carbocycles. The molecule has 0 aliphatic carbocycles. The van der Waals surface area contributed by atoms with Gasteiger partial charge in [-0.3, -0.25) is 20.3 Å². The van der Waals surface area contributed by atoms with Crippen molar-refractivity contribution in [2.75, 3.05) is 5.32 Å². The molecule has 0 bridgehead atoms. The van der Waals surface area contributed by atoms with E-state index in [0.717, 1.165) is 11.4 Å². The minimum atomic E-state index is -1.38. The molecule has 0 unspecified atom stereocenters. The molecule has 0 radical (unpaired) electrons. The maximum atomic E-state index is 12.9. The van der Waals surface area contributed by atoms with Gasteiger partial charge >= 0.3 is 6.03 Å². The van der Waals surface area contributed by atoms with Crippen LogP contribution >= 0.6 is 12.2 Å². The van der Waals surface area contributed by atoms with Gasteiger partial charge in [-0.2, -0.15) is 5.01 Å². The largest absolute Gasteiger partial charge is 0.344 e. The van der Waals surface area contributed by atoms with Crippen molar-refractivity contribution >= 4 is 40.6 Å². The number of hydrazine groups is 1. The average Bonchev–Trinajstić information content (AvgIpc) is 2.92. The monoisotopic (exact) mass is 413 g/mol. The van der Waals surface area contributed by atoms with Gasteiger partial charge in [-0.25, -0.2) is 4.79 Å². The van der Waals surface area contributed by atoms with Gasteiger partial charge in [0.05, 0.1) is 4.92 Å². The number of carbonyl (C=O) groups is 2. The molecule has 3 rings (SSSR count). The van der Waals surface area contributed by atoms with Crippen LogP contribution in [0.25, 0.3) is 0 Å². The second-order valence-electron chi connectivity index (χ2n) is 6.62. The van der Waals surface area contributed by atoms with Gasteiger partial charge in [0.1, 0.15) is 5.54 Å². The Kier molecular flexibility index (Phi) is 5.46. The van der Waals surface area contributed by atoms with Crippen LogP contribution in [0.4, 0.5) is 16.2 Å². The molecule has 0 aromatic heterocycles. The molecule has 1 fully saturated rings. The lowest BCUT2D eigenvalue weighted by molar-refractivity contribution is -0.384. The zero-order valence-electron chi connectivity index (χ0n) is 15.8. The van der Waals surface area contributed by atoms with Crippen molar-refractivity contribution in [3.63, 3.8) is 0 Å². The lowest BCUT2D eigenvalue weighted by Gasteiger charge is -2.22. The summed E-state index contributed by atoms with van der Waals surface area (Å²) in [6, 6.07) is 12.3. The summed E-state index contributed by atoms with van der Waals surface area (Å²) < 4.78 is 0. The zero-order valence-corrected chi connectivity index (χ0v) is 16.6. The summed E-state index contributed by atoms with van der Waals surface area (Å²) in [5, 5.41) is 17.2. The van der Waals surface area contributed by atoms with Gasteiger partial charge in [-0.1, -0.05) is 19.1 Å². The third kappa shape index (κ3) is 4.02. The molecule has 9 nitrogen and oxygen atoms in total. The molecule has 10 heteroatoms. The second kappa shape index (κ2) is 7.84. The Morgan fingerprint density at radius 3 is 2.34 bits per heavy atom. The Balaban J connectivity index is 1.72. The van der Waals surface area contributed by atoms with E-state index in [1.165, 1.54) is 36.8 Å². The van der Waals surface area contributed by atoms with Crippen molar-refractivity contribution in [3.8, 4) is 0 Å². The molecular weight excluding hydrogens is 394 g/mol. The molecule has 1 saturated heterocycles. The second-order valence-corrected chi connectivity index (χ2v) is 7.02. The minimum Gasteiger partial charge on any atom is -0.331 e. The number of nitro benzene ring substituents is 1. The number of imide groups is 1. The highest BCUT2D eigenvalue weighted by Gasteiger charge is 2.49. The molecule has 1 aliphatic heterocycles. The van der Waals surface area contributed by atoms with Crippen LogP contribution in [0.5, 0.6) is 0 Å². The molecule has 29 heavy (non-hydrogen) atoms. The Bertz CT molecular complexity index is 977. The molecular formula is C19H19N5O4S. The van der Waals surface area contributed by atoms with Crippen molar-refractivity contribution in [1.82, 2.24) is 15.8 Å². The van der Waals surface area contributed by atoms with E-state index in [0.29, 0.717) is 11.3 Å². The number of amides is 3. The first-order valence-electron chi connectivity index (χ1n) is 8.83. The van der Waals surface area contributed by atoms with E-state index in [4.69, 9.17) is 12.2 Å². The van der Waals surface area contributed by atoms with E-state index in [-0.39, 0.29) is 10.8 Å². The molecule has 1 aliphatic rings. The van der Waals surface area contributed by atoms with Crippen molar-refractivity contribution in [2.45, 2.75) is 25.8 Å². The number of carbonyl (C=O) groups excluding carboxylic acids is 2. The SMILES string of the molecule is CCc1ccc(NC(=S)NN2C(=O)N[C@@](C)(c3ccc([N+](=O)[O-])cc3)C2=O)cc1. The number of nitro groups is 1. The van der Waals surface area contributed by atoms with E-state index in [1.54, 1.807) is 0 Å². The molecule has 2 aromatic carbocycles. The van der Waals surface area contributed by atoms with Crippen LogP contribution in [0.2, 0.25) is 0 Å². The topological polar surface area (TPSA) is 117 Å². The van der Waals surface area contributed by atoms with Crippen LogP contribution in [0.1, 0.15) is 25.0 Å². The molecule has 0 spiro atoms. The first-order valence-corrected chi connectivity index (χ1v) is 9.23. The summed E-state index contributed by atoms with van der Waals surface area (Å²) in [5.74, 6) is -0.582. The van der Waals surface area contributed by atoms with Crippen LogP contribution in [-0.4, -0.2) is 27.0 Å². The van der Waals surface area contributed by atoms with Crippen LogP contribution in [0, 0.1) is 10.1 Å². The summed E-state index contributed by atoms with van der Waals surface area (Å²) in [6.07, 6.45) is 0.909. The number of urea groups is 1. The first kappa shape index (κ1) is 20.2. The molecule has 1 heterocycles. The van der Waals surface area contributed by atoms with E-state index >= 15 is 0 Å². The minimum absolute atomic E-state index is 0.0747. The summed E-state index contributed by atoms with van der Waals surface area (Å²) in [4.78, 5) is 35.5. The summed E-state index contributed by atoms with van der Waals surface area (Å²) >= 11 is 5.21. The molecule has 3 N–H and O–H groups in total. The Morgan fingerprint density at radius 1 is 1.17 bits per heavy atom. The Labute approximate surface area is 172 Å². The number of nitrogens with one attached hydrogen (secondary N) is 3. The van der Waals surface area contributed by atoms with E-state index in [2.05, 4.69) is 16.1 Å². The van der Waals surface area contributed by atoms with Crippen LogP contribution in [-0.2, 0) is 16.8 Å². The third-order valence-corrected chi connectivity index (χ3v) is 4.87. The molecule has 1 atom stereocenters. The summed E-state index contributed by atoms with van der Waals surface area (Å²) in [6.45, 7) is 3.57. The van der Waals surface area contributed by atoms with Crippen LogP contribution in [0.3, 0.4) is 0 Å². The summed E-state index contributed by atoms with van der Waals surface area (Å²) in [5.41, 5.74) is 3.41. The molecule has 2 aromatic rings. The Morgan fingerprint density at radius 2 is 1.79 bits per heavy atom. The Hall–Kier alpha value is -3.53. The van der Waals surface area contributed by atoms with Crippen molar-refractivity contribution in [1.29, 1.82) is 0 Å². The van der Waals surface area contributed by atoms with E-state index < -0.39 is 22.4 Å². The number of anilines is 1. The standard InChI is InChI=1S/C19H19N5O4S/c1-3-12-4-8-14(9-5-12)20-17(29)22-23-16(25)19(2,21-18(23)26)13-6-10-15(11-7-13)24(27)28/h4-11H,3H2,1-2H3,(H,21,26)(H2,20,22,29)/t19-/m0/s1. The van der Waals surface area contributed by atoms with Gasteiger partial charge < -0.3 is 10.6 Å². The number of nitrogens with zero attached hydrogens (tertiary/aromatic N) is 2. The highest BCUT2D eigenvalue weighted by molar-refractivity contribution is 7.80. The maximum Gasteiger partial charge on any atom is 0.344 e. The molecule has 150 valence electrons. The highest BCUT2D eigenvalue weighted by Crippen LogP contribution is 2.29. The normalized spacial score (nSPS) is 18.3. The van der Waals surface area contributed by atoms with Crippen molar-refractivity contribution in [2.24, 2.45) is 0 Å². The number of rotatable bonds is 5. The lowest BCUT2D eigenvalue weighted by atomic mass is 9.92. The predicted molar refractivity (Wildman–Crippen MR) is 111 cm³/mol. The van der Waals surface area contributed by atoms with Gasteiger partial charge in [0.15, 0.2) is 5.11 Å². The maximum absolute atomic E-state index is 12.9.